The van der Waals surface area contributed by atoms with Gasteiger partial charge in [0.15, 0.2) is 0 Å². The molecule has 13 heavy (non-hydrogen) atoms. The number of nitrogens with zero attached hydrogens (tertiary/aromatic N) is 1. The number of hydrogen-bond acceptors (Lipinski definition) is 2. The maximum absolute atomic E-state index is 4.04. The Hall–Kier alpha value is 0.530. The molecule has 1 aliphatic rings. The van der Waals surface area contributed by atoms with Gasteiger partial charge in [0, 0.05) is 35.5 Å². The molecule has 1 fully saturated rings. The molecule has 1 aliphatic heterocycles. The van der Waals surface area contributed by atoms with Gasteiger partial charge in [0.1, 0.15) is 0 Å². The predicted octanol–water partition coefficient (Wildman–Crippen LogP) is 2.76. The van der Waals surface area contributed by atoms with E-state index in [2.05, 4.69) is 53.0 Å². The average Bonchev–Trinajstić information content (AvgIpc) is 2.11. The smallest absolute Gasteiger partial charge is 0.0251 e. The van der Waals surface area contributed by atoms with Gasteiger partial charge in [-0.1, -0.05) is 28.1 Å². The Balaban J connectivity index is 2.48. The second kappa shape index (κ2) is 5.42. The van der Waals surface area contributed by atoms with Crippen molar-refractivity contribution in [1.29, 1.82) is 0 Å². The van der Waals surface area contributed by atoms with E-state index in [9.17, 15) is 0 Å². The van der Waals surface area contributed by atoms with E-state index in [0.29, 0.717) is 12.1 Å². The molecule has 3 heteroatoms. The van der Waals surface area contributed by atoms with Crippen molar-refractivity contribution in [2.45, 2.75) is 25.9 Å². The Bertz CT molecular complexity index is 174. The number of alkyl halides is 1. The fourth-order valence-electron chi connectivity index (χ4n) is 1.65. The van der Waals surface area contributed by atoms with Crippen LogP contribution in [0.5, 0.6) is 0 Å². The summed E-state index contributed by atoms with van der Waals surface area (Å²) in [6.07, 6.45) is 0. The first-order chi connectivity index (χ1) is 6.15. The molecule has 0 bridgehead atoms. The lowest BCUT2D eigenvalue weighted by atomic mass is 10.2. The SMILES string of the molecule is C=C(CBr)CN1C(C)CSCC1C. The zero-order valence-corrected chi connectivity index (χ0v) is 10.8. The third-order valence-electron chi connectivity index (χ3n) is 2.45. The van der Waals surface area contributed by atoms with Crippen LogP contribution in [0.15, 0.2) is 12.2 Å². The van der Waals surface area contributed by atoms with Crippen molar-refractivity contribution in [2.24, 2.45) is 0 Å². The first kappa shape index (κ1) is 11.6. The van der Waals surface area contributed by atoms with Gasteiger partial charge in [-0.2, -0.15) is 11.8 Å². The van der Waals surface area contributed by atoms with Crippen LogP contribution in [-0.2, 0) is 0 Å². The van der Waals surface area contributed by atoms with Crippen LogP contribution < -0.4 is 0 Å². The monoisotopic (exact) mass is 263 g/mol. The van der Waals surface area contributed by atoms with Crippen LogP contribution in [0.3, 0.4) is 0 Å². The van der Waals surface area contributed by atoms with E-state index in [1.165, 1.54) is 17.1 Å². The molecule has 0 spiro atoms. The first-order valence-electron chi connectivity index (χ1n) is 4.71. The zero-order valence-electron chi connectivity index (χ0n) is 8.42. The Morgan fingerprint density at radius 2 is 2.00 bits per heavy atom. The van der Waals surface area contributed by atoms with Crippen LogP contribution in [0.1, 0.15) is 13.8 Å². The molecule has 0 amide bonds. The van der Waals surface area contributed by atoms with Crippen molar-refractivity contribution < 1.29 is 0 Å². The zero-order chi connectivity index (χ0) is 9.84. The van der Waals surface area contributed by atoms with Crippen molar-refractivity contribution >= 4 is 27.7 Å². The van der Waals surface area contributed by atoms with E-state index >= 15 is 0 Å². The van der Waals surface area contributed by atoms with E-state index in [0.717, 1.165) is 11.9 Å². The highest BCUT2D eigenvalue weighted by molar-refractivity contribution is 9.09. The standard InChI is InChI=1S/C10H18BrNS/c1-8(4-11)5-12-9(2)6-13-7-10(12)3/h9-10H,1,4-7H2,2-3H3. The molecule has 0 aromatic heterocycles. The van der Waals surface area contributed by atoms with E-state index in [-0.39, 0.29) is 0 Å². The number of halogens is 1. The summed E-state index contributed by atoms with van der Waals surface area (Å²) in [5.74, 6) is 2.53. The van der Waals surface area contributed by atoms with Crippen LogP contribution in [0.2, 0.25) is 0 Å². The van der Waals surface area contributed by atoms with Gasteiger partial charge in [-0.05, 0) is 13.8 Å². The van der Waals surface area contributed by atoms with Gasteiger partial charge in [-0.25, -0.2) is 0 Å². The molecule has 0 aromatic rings. The molecule has 0 saturated carbocycles. The largest absolute Gasteiger partial charge is 0.292 e. The Morgan fingerprint density at radius 1 is 1.46 bits per heavy atom. The molecule has 1 saturated heterocycles. The Labute approximate surface area is 94.1 Å². The maximum atomic E-state index is 4.04. The molecule has 1 rings (SSSR count). The van der Waals surface area contributed by atoms with E-state index in [1.54, 1.807) is 0 Å². The molecule has 0 aliphatic carbocycles. The third-order valence-corrected chi connectivity index (χ3v) is 4.67. The second-order valence-corrected chi connectivity index (χ2v) is 5.43. The molecule has 0 radical (unpaired) electrons. The summed E-state index contributed by atoms with van der Waals surface area (Å²) in [4.78, 5) is 2.56. The van der Waals surface area contributed by atoms with Gasteiger partial charge < -0.3 is 0 Å². The van der Waals surface area contributed by atoms with Crippen LogP contribution >= 0.6 is 27.7 Å². The normalized spacial score (nSPS) is 30.4. The second-order valence-electron chi connectivity index (χ2n) is 3.79. The van der Waals surface area contributed by atoms with Gasteiger partial charge in [0.25, 0.3) is 0 Å². The lowest BCUT2D eigenvalue weighted by Crippen LogP contribution is -2.47. The molecule has 0 aromatic carbocycles. The summed E-state index contributed by atoms with van der Waals surface area (Å²) < 4.78 is 0. The minimum absolute atomic E-state index is 0.699. The molecule has 76 valence electrons. The van der Waals surface area contributed by atoms with E-state index in [4.69, 9.17) is 0 Å². The summed E-state index contributed by atoms with van der Waals surface area (Å²) in [5, 5.41) is 0.927. The summed E-state index contributed by atoms with van der Waals surface area (Å²) in [6.45, 7) is 9.71. The maximum Gasteiger partial charge on any atom is 0.0251 e. The number of rotatable bonds is 3. The van der Waals surface area contributed by atoms with E-state index in [1.807, 2.05) is 0 Å². The van der Waals surface area contributed by atoms with Crippen molar-refractivity contribution in [3.05, 3.63) is 12.2 Å². The lowest BCUT2D eigenvalue weighted by molar-refractivity contribution is 0.191. The highest BCUT2D eigenvalue weighted by Crippen LogP contribution is 2.22. The van der Waals surface area contributed by atoms with Crippen LogP contribution in [0.25, 0.3) is 0 Å². The molecule has 0 N–H and O–H groups in total. The van der Waals surface area contributed by atoms with Gasteiger partial charge in [-0.3, -0.25) is 4.90 Å². The first-order valence-corrected chi connectivity index (χ1v) is 6.99. The minimum Gasteiger partial charge on any atom is -0.292 e. The van der Waals surface area contributed by atoms with Crippen molar-refractivity contribution in [1.82, 2.24) is 4.90 Å². The molecular formula is C10H18BrNS. The topological polar surface area (TPSA) is 3.24 Å². The molecule has 2 atom stereocenters. The van der Waals surface area contributed by atoms with Crippen LogP contribution in [0.4, 0.5) is 0 Å². The van der Waals surface area contributed by atoms with Crippen molar-refractivity contribution in [2.75, 3.05) is 23.4 Å². The summed E-state index contributed by atoms with van der Waals surface area (Å²) in [7, 11) is 0. The van der Waals surface area contributed by atoms with Gasteiger partial charge in [0.05, 0.1) is 0 Å². The highest BCUT2D eigenvalue weighted by Gasteiger charge is 2.24. The molecule has 2 unspecified atom stereocenters. The molecule has 1 nitrogen and oxygen atoms in total. The lowest BCUT2D eigenvalue weighted by Gasteiger charge is -2.38. The Kier molecular flexibility index (Phi) is 4.84. The molecule has 1 heterocycles. The number of thioether (sulfide) groups is 1. The fourth-order valence-corrected chi connectivity index (χ4v) is 3.03. The summed E-state index contributed by atoms with van der Waals surface area (Å²) in [6, 6.07) is 1.40. The summed E-state index contributed by atoms with van der Waals surface area (Å²) in [5.41, 5.74) is 1.28. The quantitative estimate of drug-likeness (QED) is 0.569. The third kappa shape index (κ3) is 3.30. The van der Waals surface area contributed by atoms with Gasteiger partial charge in [-0.15, -0.1) is 0 Å². The predicted molar refractivity (Wildman–Crippen MR) is 65.9 cm³/mol. The van der Waals surface area contributed by atoms with Gasteiger partial charge in [0.2, 0.25) is 0 Å². The van der Waals surface area contributed by atoms with Gasteiger partial charge >= 0.3 is 0 Å². The average molecular weight is 264 g/mol. The fraction of sp³-hybridized carbons (Fsp3) is 0.800. The van der Waals surface area contributed by atoms with Crippen molar-refractivity contribution in [3.63, 3.8) is 0 Å². The number of hydrogen-bond donors (Lipinski definition) is 0. The molecular weight excluding hydrogens is 246 g/mol. The Morgan fingerprint density at radius 3 is 2.46 bits per heavy atom. The minimum atomic E-state index is 0.699. The highest BCUT2D eigenvalue weighted by atomic mass is 79.9. The van der Waals surface area contributed by atoms with Crippen LogP contribution in [0, 0.1) is 0 Å². The summed E-state index contributed by atoms with van der Waals surface area (Å²) >= 11 is 5.52. The van der Waals surface area contributed by atoms with Crippen LogP contribution in [-0.4, -0.2) is 40.4 Å². The van der Waals surface area contributed by atoms with Crippen molar-refractivity contribution in [3.8, 4) is 0 Å². The van der Waals surface area contributed by atoms with E-state index < -0.39 is 0 Å².